The minimum atomic E-state index is -0.433. The lowest BCUT2D eigenvalue weighted by molar-refractivity contribution is -0.118. The Hall–Kier alpha value is -3.54. The van der Waals surface area contributed by atoms with Crippen LogP contribution in [0.2, 0.25) is 0 Å². The summed E-state index contributed by atoms with van der Waals surface area (Å²) in [6.07, 6.45) is 2.89. The van der Waals surface area contributed by atoms with Crippen molar-refractivity contribution < 1.29 is 9.59 Å². The van der Waals surface area contributed by atoms with Crippen molar-refractivity contribution in [1.82, 2.24) is 15.5 Å². The lowest BCUT2D eigenvalue weighted by Crippen LogP contribution is -2.30. The van der Waals surface area contributed by atoms with Crippen molar-refractivity contribution in [1.29, 1.82) is 0 Å². The molecule has 0 saturated carbocycles. The zero-order chi connectivity index (χ0) is 20.2. The molecule has 0 bridgehead atoms. The average Bonchev–Trinajstić information content (AvgIpc) is 3.21. The summed E-state index contributed by atoms with van der Waals surface area (Å²) in [5, 5.41) is 11.3. The topological polar surface area (TPSA) is 75.2 Å². The first-order valence-corrected chi connectivity index (χ1v) is 9.74. The Morgan fingerprint density at radius 1 is 1.10 bits per heavy atom. The smallest absolute Gasteiger partial charge is 0.252 e. The number of fused-ring (bicyclic) bond motifs is 1. The number of hydrogen-bond acceptors (Lipinski definition) is 4. The first-order valence-electron chi connectivity index (χ1n) is 9.74. The van der Waals surface area contributed by atoms with E-state index in [-0.39, 0.29) is 11.8 Å². The molecule has 4 rings (SSSR count). The predicted molar refractivity (Wildman–Crippen MR) is 111 cm³/mol. The van der Waals surface area contributed by atoms with Gasteiger partial charge in [0.15, 0.2) is 0 Å². The van der Waals surface area contributed by atoms with Gasteiger partial charge in [0, 0.05) is 30.4 Å². The number of rotatable bonds is 5. The standard InChI is InChI=1S/C23H22N4O2/c1-2-21(28)27-14-12-17-15-18(10-11-20(17)27)22(19-9-6-13-24-26-19)25-23(29)16-7-4-3-5-8-16/h3-11,13,15,22H,2,12,14H2,1H3,(H,25,29). The molecule has 0 saturated heterocycles. The second kappa shape index (κ2) is 8.22. The first-order chi connectivity index (χ1) is 14.2. The summed E-state index contributed by atoms with van der Waals surface area (Å²) in [5.74, 6) is -0.0519. The van der Waals surface area contributed by atoms with Crippen LogP contribution in [0.25, 0.3) is 0 Å². The van der Waals surface area contributed by atoms with Gasteiger partial charge in [-0.25, -0.2) is 0 Å². The van der Waals surface area contributed by atoms with Crippen LogP contribution in [0.4, 0.5) is 5.69 Å². The second-order valence-corrected chi connectivity index (χ2v) is 6.96. The normalized spacial score (nSPS) is 13.6. The molecule has 1 aliphatic heterocycles. The maximum Gasteiger partial charge on any atom is 0.252 e. The van der Waals surface area contributed by atoms with Gasteiger partial charge in [-0.2, -0.15) is 10.2 Å². The molecule has 0 fully saturated rings. The van der Waals surface area contributed by atoms with Gasteiger partial charge in [-0.3, -0.25) is 9.59 Å². The van der Waals surface area contributed by atoms with Crippen LogP contribution in [0.3, 0.4) is 0 Å². The van der Waals surface area contributed by atoms with Crippen LogP contribution in [0.1, 0.15) is 46.6 Å². The van der Waals surface area contributed by atoms with E-state index < -0.39 is 6.04 Å². The van der Waals surface area contributed by atoms with Gasteiger partial charge in [0.1, 0.15) is 0 Å². The largest absolute Gasteiger partial charge is 0.339 e. The molecule has 1 aromatic heterocycles. The third kappa shape index (κ3) is 3.87. The molecule has 146 valence electrons. The lowest BCUT2D eigenvalue weighted by Gasteiger charge is -2.20. The molecule has 1 aliphatic rings. The van der Waals surface area contributed by atoms with Crippen LogP contribution >= 0.6 is 0 Å². The van der Waals surface area contributed by atoms with E-state index in [1.807, 2.05) is 48.2 Å². The van der Waals surface area contributed by atoms with Gasteiger partial charge >= 0.3 is 0 Å². The maximum absolute atomic E-state index is 12.8. The SMILES string of the molecule is CCC(=O)N1CCc2cc(C(NC(=O)c3ccccc3)c3cccnn3)ccc21. The van der Waals surface area contributed by atoms with E-state index >= 15 is 0 Å². The van der Waals surface area contributed by atoms with Crippen LogP contribution in [0, 0.1) is 0 Å². The minimum absolute atomic E-state index is 0.124. The van der Waals surface area contributed by atoms with Crippen molar-refractivity contribution in [3.8, 4) is 0 Å². The molecule has 2 heterocycles. The van der Waals surface area contributed by atoms with Gasteiger partial charge in [0.2, 0.25) is 5.91 Å². The van der Waals surface area contributed by atoms with Gasteiger partial charge < -0.3 is 10.2 Å². The van der Waals surface area contributed by atoms with Gasteiger partial charge in [-0.1, -0.05) is 37.3 Å². The third-order valence-electron chi connectivity index (χ3n) is 5.14. The van der Waals surface area contributed by atoms with E-state index in [0.29, 0.717) is 24.2 Å². The zero-order valence-electron chi connectivity index (χ0n) is 16.2. The van der Waals surface area contributed by atoms with E-state index in [0.717, 1.165) is 23.2 Å². The summed E-state index contributed by atoms with van der Waals surface area (Å²) in [4.78, 5) is 26.8. The zero-order valence-corrected chi connectivity index (χ0v) is 16.2. The van der Waals surface area contributed by atoms with E-state index in [1.54, 1.807) is 24.4 Å². The number of hydrogen-bond donors (Lipinski definition) is 1. The molecule has 6 nitrogen and oxygen atoms in total. The molecule has 2 amide bonds. The molecule has 0 aliphatic carbocycles. The monoisotopic (exact) mass is 386 g/mol. The van der Waals surface area contributed by atoms with Crippen LogP contribution in [-0.4, -0.2) is 28.6 Å². The van der Waals surface area contributed by atoms with Crippen LogP contribution in [0.5, 0.6) is 0 Å². The number of carbonyl (C=O) groups excluding carboxylic acids is 2. The Morgan fingerprint density at radius 2 is 1.93 bits per heavy atom. The van der Waals surface area contributed by atoms with Gasteiger partial charge in [0.05, 0.1) is 11.7 Å². The van der Waals surface area contributed by atoms with Gasteiger partial charge in [-0.15, -0.1) is 0 Å². The van der Waals surface area contributed by atoms with Crippen molar-refractivity contribution in [2.45, 2.75) is 25.8 Å². The van der Waals surface area contributed by atoms with Crippen molar-refractivity contribution in [3.05, 3.63) is 89.2 Å². The van der Waals surface area contributed by atoms with E-state index in [2.05, 4.69) is 21.6 Å². The predicted octanol–water partition coefficient (Wildman–Crippen LogP) is 3.30. The van der Waals surface area contributed by atoms with Gasteiger partial charge in [-0.05, 0) is 47.9 Å². The summed E-state index contributed by atoms with van der Waals surface area (Å²) >= 11 is 0. The molecule has 1 N–H and O–H groups in total. The number of nitrogens with one attached hydrogen (secondary N) is 1. The Bertz CT molecular complexity index is 1020. The fourth-order valence-corrected chi connectivity index (χ4v) is 3.65. The van der Waals surface area contributed by atoms with Gasteiger partial charge in [0.25, 0.3) is 5.91 Å². The van der Waals surface area contributed by atoms with Crippen LogP contribution in [-0.2, 0) is 11.2 Å². The Labute approximate surface area is 169 Å². The van der Waals surface area contributed by atoms with Crippen molar-refractivity contribution in [2.24, 2.45) is 0 Å². The third-order valence-corrected chi connectivity index (χ3v) is 5.14. The lowest BCUT2D eigenvalue weighted by atomic mass is 9.99. The Kier molecular flexibility index (Phi) is 5.33. The number of carbonyl (C=O) groups is 2. The molecule has 3 aromatic rings. The molecule has 1 unspecified atom stereocenters. The van der Waals surface area contributed by atoms with Crippen LogP contribution < -0.4 is 10.2 Å². The highest BCUT2D eigenvalue weighted by Crippen LogP contribution is 2.32. The molecule has 0 spiro atoms. The minimum Gasteiger partial charge on any atom is -0.339 e. The second-order valence-electron chi connectivity index (χ2n) is 6.96. The van der Waals surface area contributed by atoms with E-state index in [1.165, 1.54) is 0 Å². The number of amides is 2. The maximum atomic E-state index is 12.8. The number of aromatic nitrogens is 2. The Balaban J connectivity index is 1.67. The Morgan fingerprint density at radius 3 is 2.66 bits per heavy atom. The summed E-state index contributed by atoms with van der Waals surface area (Å²) < 4.78 is 0. The number of benzene rings is 2. The quantitative estimate of drug-likeness (QED) is 0.730. The van der Waals surface area contributed by atoms with Crippen molar-refractivity contribution in [3.63, 3.8) is 0 Å². The van der Waals surface area contributed by atoms with Crippen molar-refractivity contribution in [2.75, 3.05) is 11.4 Å². The molecule has 29 heavy (non-hydrogen) atoms. The molecular weight excluding hydrogens is 364 g/mol. The molecule has 0 radical (unpaired) electrons. The summed E-state index contributed by atoms with van der Waals surface area (Å²) in [6.45, 7) is 2.57. The molecular formula is C23H22N4O2. The summed E-state index contributed by atoms with van der Waals surface area (Å²) in [5.41, 5.74) is 4.22. The fourth-order valence-electron chi connectivity index (χ4n) is 3.65. The molecule has 1 atom stereocenters. The molecule has 6 heteroatoms. The number of anilines is 1. The van der Waals surface area contributed by atoms with Crippen LogP contribution in [0.15, 0.2) is 66.9 Å². The van der Waals surface area contributed by atoms with Crippen molar-refractivity contribution >= 4 is 17.5 Å². The van der Waals surface area contributed by atoms with E-state index in [9.17, 15) is 9.59 Å². The molecule has 2 aromatic carbocycles. The highest BCUT2D eigenvalue weighted by atomic mass is 16.2. The van der Waals surface area contributed by atoms with E-state index in [4.69, 9.17) is 0 Å². The summed E-state index contributed by atoms with van der Waals surface area (Å²) in [7, 11) is 0. The highest BCUT2D eigenvalue weighted by Gasteiger charge is 2.26. The average molecular weight is 386 g/mol. The first kappa shape index (κ1) is 18.8. The fraction of sp³-hybridized carbons (Fsp3) is 0.217. The highest BCUT2D eigenvalue weighted by molar-refractivity contribution is 5.96. The summed E-state index contributed by atoms with van der Waals surface area (Å²) in [6, 6.07) is 18.3. The number of nitrogens with zero attached hydrogens (tertiary/aromatic N) is 3.